The first kappa shape index (κ1) is 16.1. The Hall–Kier alpha value is -1.82. The Balaban J connectivity index is 1.82. The molecule has 1 aliphatic heterocycles. The largest absolute Gasteiger partial charge is 0.416 e. The van der Waals surface area contributed by atoms with Gasteiger partial charge >= 0.3 is 6.18 Å². The highest BCUT2D eigenvalue weighted by Gasteiger charge is 2.30. The zero-order valence-corrected chi connectivity index (χ0v) is 13.0. The summed E-state index contributed by atoms with van der Waals surface area (Å²) in [5.41, 5.74) is 0.468. The molecule has 2 aromatic rings. The van der Waals surface area contributed by atoms with Gasteiger partial charge in [0.05, 0.1) is 11.3 Å². The van der Waals surface area contributed by atoms with E-state index in [4.69, 9.17) is 0 Å². The Bertz CT molecular complexity index is 670. The molecule has 2 heterocycles. The van der Waals surface area contributed by atoms with Crippen LogP contribution in [0, 0.1) is 5.92 Å². The molecule has 0 bridgehead atoms. The maximum absolute atomic E-state index is 12.8. The van der Waals surface area contributed by atoms with E-state index in [2.05, 4.69) is 10.3 Å². The lowest BCUT2D eigenvalue weighted by Gasteiger charge is -2.22. The minimum absolute atomic E-state index is 0.506. The van der Waals surface area contributed by atoms with Gasteiger partial charge in [0, 0.05) is 25.2 Å². The Kier molecular flexibility index (Phi) is 4.43. The SMILES string of the molecule is Cn1cc(-c2cccc(C(F)(F)F)c2)nc1CC1CCNCC1. The number of piperidine rings is 1. The molecular weight excluding hydrogens is 303 g/mol. The predicted octanol–water partition coefficient (Wildman–Crippen LogP) is 3.65. The Labute approximate surface area is 133 Å². The number of aromatic nitrogens is 2. The van der Waals surface area contributed by atoms with Gasteiger partial charge in [0.1, 0.15) is 5.82 Å². The number of imidazole rings is 1. The van der Waals surface area contributed by atoms with Gasteiger partial charge in [0.2, 0.25) is 0 Å². The van der Waals surface area contributed by atoms with Crippen LogP contribution in [0.2, 0.25) is 0 Å². The van der Waals surface area contributed by atoms with E-state index in [1.165, 1.54) is 6.07 Å². The highest BCUT2D eigenvalue weighted by molar-refractivity contribution is 5.60. The Morgan fingerprint density at radius 1 is 1.26 bits per heavy atom. The molecule has 1 aromatic heterocycles. The van der Waals surface area contributed by atoms with E-state index in [0.717, 1.165) is 50.3 Å². The average molecular weight is 323 g/mol. The Morgan fingerprint density at radius 3 is 2.70 bits per heavy atom. The molecule has 23 heavy (non-hydrogen) atoms. The summed E-state index contributed by atoms with van der Waals surface area (Å²) in [5.74, 6) is 1.52. The number of benzene rings is 1. The molecule has 1 fully saturated rings. The van der Waals surface area contributed by atoms with Crippen LogP contribution in [0.3, 0.4) is 0 Å². The summed E-state index contributed by atoms with van der Waals surface area (Å²) >= 11 is 0. The number of hydrogen-bond acceptors (Lipinski definition) is 2. The van der Waals surface area contributed by atoms with E-state index in [-0.39, 0.29) is 0 Å². The minimum atomic E-state index is -4.33. The molecule has 1 N–H and O–H groups in total. The van der Waals surface area contributed by atoms with Crippen LogP contribution >= 0.6 is 0 Å². The van der Waals surface area contributed by atoms with Crippen molar-refractivity contribution in [1.82, 2.24) is 14.9 Å². The van der Waals surface area contributed by atoms with Crippen molar-refractivity contribution in [2.45, 2.75) is 25.4 Å². The van der Waals surface area contributed by atoms with E-state index in [9.17, 15) is 13.2 Å². The van der Waals surface area contributed by atoms with Crippen molar-refractivity contribution in [3.8, 4) is 11.3 Å². The van der Waals surface area contributed by atoms with Crippen LogP contribution in [-0.2, 0) is 19.6 Å². The van der Waals surface area contributed by atoms with E-state index < -0.39 is 11.7 Å². The maximum Gasteiger partial charge on any atom is 0.416 e. The highest BCUT2D eigenvalue weighted by Crippen LogP contribution is 2.32. The zero-order chi connectivity index (χ0) is 16.4. The van der Waals surface area contributed by atoms with Crippen LogP contribution in [0.5, 0.6) is 0 Å². The van der Waals surface area contributed by atoms with Crippen LogP contribution in [-0.4, -0.2) is 22.6 Å². The molecule has 1 aliphatic rings. The third kappa shape index (κ3) is 3.75. The fourth-order valence-electron chi connectivity index (χ4n) is 3.03. The monoisotopic (exact) mass is 323 g/mol. The molecule has 0 atom stereocenters. The summed E-state index contributed by atoms with van der Waals surface area (Å²) in [4.78, 5) is 4.57. The topological polar surface area (TPSA) is 29.9 Å². The van der Waals surface area contributed by atoms with Crippen molar-refractivity contribution >= 4 is 0 Å². The number of aryl methyl sites for hydroxylation is 1. The number of hydrogen-bond donors (Lipinski definition) is 1. The normalized spacial score (nSPS) is 16.7. The predicted molar refractivity (Wildman–Crippen MR) is 82.9 cm³/mol. The van der Waals surface area contributed by atoms with Gasteiger partial charge in [-0.2, -0.15) is 13.2 Å². The van der Waals surface area contributed by atoms with Gasteiger partial charge in [0.15, 0.2) is 0 Å². The molecule has 0 radical (unpaired) electrons. The van der Waals surface area contributed by atoms with Gasteiger partial charge in [-0.05, 0) is 44.0 Å². The number of nitrogens with zero attached hydrogens (tertiary/aromatic N) is 2. The molecule has 6 heteroatoms. The van der Waals surface area contributed by atoms with Crippen LogP contribution in [0.1, 0.15) is 24.2 Å². The summed E-state index contributed by atoms with van der Waals surface area (Å²) in [7, 11) is 1.90. The summed E-state index contributed by atoms with van der Waals surface area (Å²) in [6, 6.07) is 5.35. The molecule has 0 unspecified atom stereocenters. The second-order valence-electron chi connectivity index (χ2n) is 6.13. The Morgan fingerprint density at radius 2 is 2.00 bits per heavy atom. The first-order chi connectivity index (χ1) is 10.9. The summed E-state index contributed by atoms with van der Waals surface area (Å²) in [5, 5.41) is 3.33. The molecule has 124 valence electrons. The van der Waals surface area contributed by atoms with Crippen molar-refractivity contribution in [2.75, 3.05) is 13.1 Å². The van der Waals surface area contributed by atoms with Crippen LogP contribution in [0.15, 0.2) is 30.5 Å². The van der Waals surface area contributed by atoms with Gasteiger partial charge in [-0.1, -0.05) is 12.1 Å². The minimum Gasteiger partial charge on any atom is -0.337 e. The van der Waals surface area contributed by atoms with Gasteiger partial charge in [0.25, 0.3) is 0 Å². The number of halogens is 3. The van der Waals surface area contributed by atoms with Gasteiger partial charge in [-0.25, -0.2) is 4.98 Å². The molecule has 1 saturated heterocycles. The quantitative estimate of drug-likeness (QED) is 0.934. The molecule has 3 rings (SSSR count). The third-order valence-electron chi connectivity index (χ3n) is 4.39. The van der Waals surface area contributed by atoms with E-state index in [1.54, 1.807) is 6.07 Å². The smallest absolute Gasteiger partial charge is 0.337 e. The summed E-state index contributed by atoms with van der Waals surface area (Å²) in [6.07, 6.45) is 0.587. The van der Waals surface area contributed by atoms with Crippen LogP contribution in [0.25, 0.3) is 11.3 Å². The van der Waals surface area contributed by atoms with Gasteiger partial charge < -0.3 is 9.88 Å². The maximum atomic E-state index is 12.8. The van der Waals surface area contributed by atoms with Crippen molar-refractivity contribution in [2.24, 2.45) is 13.0 Å². The molecule has 0 saturated carbocycles. The number of rotatable bonds is 3. The molecular formula is C17H20F3N3. The lowest BCUT2D eigenvalue weighted by atomic mass is 9.94. The van der Waals surface area contributed by atoms with E-state index in [1.807, 2.05) is 17.8 Å². The van der Waals surface area contributed by atoms with Crippen molar-refractivity contribution < 1.29 is 13.2 Å². The van der Waals surface area contributed by atoms with Gasteiger partial charge in [-0.3, -0.25) is 0 Å². The first-order valence-electron chi connectivity index (χ1n) is 7.84. The fourth-order valence-corrected chi connectivity index (χ4v) is 3.03. The summed E-state index contributed by atoms with van der Waals surface area (Å²) in [6.45, 7) is 2.05. The van der Waals surface area contributed by atoms with E-state index in [0.29, 0.717) is 17.2 Å². The lowest BCUT2D eigenvalue weighted by Crippen LogP contribution is -2.29. The average Bonchev–Trinajstić information content (AvgIpc) is 2.89. The third-order valence-corrected chi connectivity index (χ3v) is 4.39. The van der Waals surface area contributed by atoms with Crippen molar-refractivity contribution in [3.63, 3.8) is 0 Å². The highest BCUT2D eigenvalue weighted by atomic mass is 19.4. The molecule has 0 spiro atoms. The van der Waals surface area contributed by atoms with Crippen molar-refractivity contribution in [1.29, 1.82) is 0 Å². The van der Waals surface area contributed by atoms with Gasteiger partial charge in [-0.15, -0.1) is 0 Å². The first-order valence-corrected chi connectivity index (χ1v) is 7.84. The van der Waals surface area contributed by atoms with Crippen LogP contribution in [0.4, 0.5) is 13.2 Å². The number of nitrogens with one attached hydrogen (secondary N) is 1. The van der Waals surface area contributed by atoms with Crippen LogP contribution < -0.4 is 5.32 Å². The molecule has 1 aromatic carbocycles. The summed E-state index contributed by atoms with van der Waals surface area (Å²) < 4.78 is 40.5. The van der Waals surface area contributed by atoms with E-state index >= 15 is 0 Å². The molecule has 0 aliphatic carbocycles. The van der Waals surface area contributed by atoms with Crippen molar-refractivity contribution in [3.05, 3.63) is 41.9 Å². The second-order valence-corrected chi connectivity index (χ2v) is 6.13. The molecule has 3 nitrogen and oxygen atoms in total. The fraction of sp³-hybridized carbons (Fsp3) is 0.471. The second kappa shape index (κ2) is 6.35. The zero-order valence-electron chi connectivity index (χ0n) is 13.0. The standard InChI is InChI=1S/C17H20F3N3/c1-23-11-15(13-3-2-4-14(10-13)17(18,19)20)22-16(23)9-12-5-7-21-8-6-12/h2-4,10-12,21H,5-9H2,1H3. The number of alkyl halides is 3. The molecule has 0 amide bonds. The lowest BCUT2D eigenvalue weighted by molar-refractivity contribution is -0.137.